The molecule has 1 rings (SSSR count). The van der Waals surface area contributed by atoms with Crippen molar-refractivity contribution in [2.45, 2.75) is 26.4 Å². The molecule has 1 aromatic carbocycles. The molecule has 4 N–H and O–H groups in total. The Balaban J connectivity index is 2.42. The number of rotatable bonds is 5. The molecule has 0 saturated heterocycles. The Morgan fingerprint density at radius 2 is 2.07 bits per heavy atom. The van der Waals surface area contributed by atoms with Crippen molar-refractivity contribution >= 4 is 11.4 Å². The molecule has 0 radical (unpaired) electrons. The second kappa shape index (κ2) is 5.50. The summed E-state index contributed by atoms with van der Waals surface area (Å²) in [5, 5.41) is 0. The molecule has 0 amide bonds. The third kappa shape index (κ3) is 3.26. The lowest BCUT2D eigenvalue weighted by Crippen LogP contribution is -2.00. The zero-order valence-electron chi connectivity index (χ0n) is 8.62. The summed E-state index contributed by atoms with van der Waals surface area (Å²) >= 11 is 0. The van der Waals surface area contributed by atoms with E-state index in [0.717, 1.165) is 25.0 Å². The van der Waals surface area contributed by atoms with E-state index in [1.165, 1.54) is 0 Å². The molecule has 3 nitrogen and oxygen atoms in total. The van der Waals surface area contributed by atoms with Crippen molar-refractivity contribution in [3.8, 4) is 0 Å². The summed E-state index contributed by atoms with van der Waals surface area (Å²) < 4.78 is 5.46. The summed E-state index contributed by atoms with van der Waals surface area (Å²) in [7, 11) is 0. The van der Waals surface area contributed by atoms with E-state index in [1.54, 1.807) is 6.07 Å². The molecular weight excluding hydrogens is 176 g/mol. The smallest absolute Gasteiger partial charge is 0.0736 e. The molecular formula is C11H18N2O. The van der Waals surface area contributed by atoms with Crippen molar-refractivity contribution in [1.29, 1.82) is 0 Å². The second-order valence-electron chi connectivity index (χ2n) is 3.36. The topological polar surface area (TPSA) is 61.3 Å². The zero-order chi connectivity index (χ0) is 10.4. The van der Waals surface area contributed by atoms with Gasteiger partial charge in [0.2, 0.25) is 0 Å². The van der Waals surface area contributed by atoms with Gasteiger partial charge in [0.1, 0.15) is 0 Å². The summed E-state index contributed by atoms with van der Waals surface area (Å²) in [5.41, 5.74) is 13.8. The van der Waals surface area contributed by atoms with Gasteiger partial charge in [0.15, 0.2) is 0 Å². The van der Waals surface area contributed by atoms with E-state index in [-0.39, 0.29) is 0 Å². The number of benzene rings is 1. The monoisotopic (exact) mass is 194 g/mol. The fourth-order valence-corrected chi connectivity index (χ4v) is 1.17. The number of unbranched alkanes of at least 4 members (excludes halogenated alkanes) is 1. The Bertz CT molecular complexity index is 287. The molecule has 14 heavy (non-hydrogen) atoms. The van der Waals surface area contributed by atoms with Gasteiger partial charge in [-0.05, 0) is 18.6 Å². The Kier molecular flexibility index (Phi) is 4.26. The summed E-state index contributed by atoms with van der Waals surface area (Å²) in [6.45, 7) is 3.51. The quantitative estimate of drug-likeness (QED) is 0.557. The van der Waals surface area contributed by atoms with Crippen LogP contribution in [0.3, 0.4) is 0 Å². The Morgan fingerprint density at radius 1 is 1.29 bits per heavy atom. The molecule has 0 aliphatic rings. The maximum Gasteiger partial charge on any atom is 0.0736 e. The van der Waals surface area contributed by atoms with Crippen molar-refractivity contribution < 1.29 is 4.74 Å². The highest BCUT2D eigenvalue weighted by Crippen LogP contribution is 2.16. The van der Waals surface area contributed by atoms with E-state index in [9.17, 15) is 0 Å². The van der Waals surface area contributed by atoms with Crippen LogP contribution < -0.4 is 11.5 Å². The van der Waals surface area contributed by atoms with Crippen LogP contribution >= 0.6 is 0 Å². The molecule has 0 bridgehead atoms. The van der Waals surface area contributed by atoms with Crippen LogP contribution in [0.25, 0.3) is 0 Å². The lowest BCUT2D eigenvalue weighted by molar-refractivity contribution is 0.118. The van der Waals surface area contributed by atoms with Crippen LogP contribution in [0.15, 0.2) is 18.2 Å². The minimum Gasteiger partial charge on any atom is -0.399 e. The van der Waals surface area contributed by atoms with Gasteiger partial charge in [-0.15, -0.1) is 0 Å². The molecule has 3 heteroatoms. The van der Waals surface area contributed by atoms with Crippen molar-refractivity contribution in [3.63, 3.8) is 0 Å². The van der Waals surface area contributed by atoms with Crippen molar-refractivity contribution in [1.82, 2.24) is 0 Å². The highest BCUT2D eigenvalue weighted by atomic mass is 16.5. The van der Waals surface area contributed by atoms with Gasteiger partial charge in [0, 0.05) is 23.5 Å². The van der Waals surface area contributed by atoms with Crippen LogP contribution in [-0.2, 0) is 11.3 Å². The largest absolute Gasteiger partial charge is 0.399 e. The maximum absolute atomic E-state index is 5.78. The minimum absolute atomic E-state index is 0.576. The first-order valence-electron chi connectivity index (χ1n) is 4.95. The highest BCUT2D eigenvalue weighted by Gasteiger charge is 1.99. The van der Waals surface area contributed by atoms with Crippen molar-refractivity contribution in [3.05, 3.63) is 23.8 Å². The standard InChI is InChI=1S/C11H18N2O/c1-2-3-6-14-8-9-4-5-10(12)7-11(9)13/h4-5,7H,2-3,6,8,12-13H2,1H3. The van der Waals surface area contributed by atoms with E-state index in [1.807, 2.05) is 12.1 Å². The molecule has 0 aliphatic heterocycles. The fraction of sp³-hybridized carbons (Fsp3) is 0.455. The average Bonchev–Trinajstić information content (AvgIpc) is 2.15. The summed E-state index contributed by atoms with van der Waals surface area (Å²) in [4.78, 5) is 0. The van der Waals surface area contributed by atoms with Crippen molar-refractivity contribution in [2.24, 2.45) is 0 Å². The van der Waals surface area contributed by atoms with Crippen LogP contribution in [-0.4, -0.2) is 6.61 Å². The highest BCUT2D eigenvalue weighted by molar-refractivity contribution is 5.56. The zero-order valence-corrected chi connectivity index (χ0v) is 8.62. The van der Waals surface area contributed by atoms with Gasteiger partial charge in [-0.3, -0.25) is 0 Å². The van der Waals surface area contributed by atoms with E-state index in [0.29, 0.717) is 18.0 Å². The summed E-state index contributed by atoms with van der Waals surface area (Å²) in [6, 6.07) is 5.52. The van der Waals surface area contributed by atoms with Gasteiger partial charge in [-0.2, -0.15) is 0 Å². The fourth-order valence-electron chi connectivity index (χ4n) is 1.17. The van der Waals surface area contributed by atoms with Crippen LogP contribution in [0.1, 0.15) is 25.3 Å². The normalized spacial score (nSPS) is 10.4. The first-order chi connectivity index (χ1) is 6.74. The number of anilines is 2. The van der Waals surface area contributed by atoms with Gasteiger partial charge in [-0.1, -0.05) is 19.4 Å². The second-order valence-corrected chi connectivity index (χ2v) is 3.36. The molecule has 0 heterocycles. The maximum atomic E-state index is 5.78. The minimum atomic E-state index is 0.576. The third-order valence-corrected chi connectivity index (χ3v) is 2.07. The van der Waals surface area contributed by atoms with Crippen LogP contribution in [0.5, 0.6) is 0 Å². The summed E-state index contributed by atoms with van der Waals surface area (Å²) in [5.74, 6) is 0. The molecule has 0 aliphatic carbocycles. The van der Waals surface area contributed by atoms with Crippen LogP contribution in [0, 0.1) is 0 Å². The predicted octanol–water partition coefficient (Wildman–Crippen LogP) is 2.17. The molecule has 0 unspecified atom stereocenters. The molecule has 0 spiro atoms. The van der Waals surface area contributed by atoms with E-state index < -0.39 is 0 Å². The van der Waals surface area contributed by atoms with Gasteiger partial charge in [-0.25, -0.2) is 0 Å². The Labute approximate surface area is 85.0 Å². The third-order valence-electron chi connectivity index (χ3n) is 2.07. The lowest BCUT2D eigenvalue weighted by atomic mass is 10.2. The van der Waals surface area contributed by atoms with Gasteiger partial charge >= 0.3 is 0 Å². The number of hydrogen-bond acceptors (Lipinski definition) is 3. The number of hydrogen-bond donors (Lipinski definition) is 2. The van der Waals surface area contributed by atoms with E-state index in [2.05, 4.69) is 6.92 Å². The lowest BCUT2D eigenvalue weighted by Gasteiger charge is -2.07. The summed E-state index contributed by atoms with van der Waals surface area (Å²) in [6.07, 6.45) is 2.24. The molecule has 0 saturated carbocycles. The first kappa shape index (κ1) is 10.9. The molecule has 0 fully saturated rings. The van der Waals surface area contributed by atoms with Gasteiger partial charge < -0.3 is 16.2 Å². The Morgan fingerprint density at radius 3 is 2.71 bits per heavy atom. The predicted molar refractivity (Wildman–Crippen MR) is 59.8 cm³/mol. The number of ether oxygens (including phenoxy) is 1. The van der Waals surface area contributed by atoms with E-state index >= 15 is 0 Å². The van der Waals surface area contributed by atoms with Crippen LogP contribution in [0.2, 0.25) is 0 Å². The number of nitrogens with two attached hydrogens (primary N) is 2. The molecule has 1 aromatic rings. The molecule has 0 aromatic heterocycles. The molecule has 0 atom stereocenters. The van der Waals surface area contributed by atoms with Crippen LogP contribution in [0.4, 0.5) is 11.4 Å². The Hall–Kier alpha value is -1.22. The van der Waals surface area contributed by atoms with Gasteiger partial charge in [0.05, 0.1) is 6.61 Å². The average molecular weight is 194 g/mol. The number of nitrogen functional groups attached to an aromatic ring is 2. The SMILES string of the molecule is CCCCOCc1ccc(N)cc1N. The van der Waals surface area contributed by atoms with E-state index in [4.69, 9.17) is 16.2 Å². The van der Waals surface area contributed by atoms with Gasteiger partial charge in [0.25, 0.3) is 0 Å². The van der Waals surface area contributed by atoms with Crippen molar-refractivity contribution in [2.75, 3.05) is 18.1 Å². The molecule has 78 valence electrons. The first-order valence-corrected chi connectivity index (χ1v) is 4.95.